The molecule has 1 aliphatic carbocycles. The first-order valence-electron chi connectivity index (χ1n) is 8.04. The van der Waals surface area contributed by atoms with E-state index < -0.39 is 30.6 Å². The molecule has 8 heteroatoms. The molecular formula is C17H20F3NO4. The molecule has 0 bridgehead atoms. The Morgan fingerprint density at radius 3 is 2.56 bits per heavy atom. The van der Waals surface area contributed by atoms with Crippen molar-refractivity contribution in [2.45, 2.75) is 38.4 Å². The molecule has 5 nitrogen and oxygen atoms in total. The summed E-state index contributed by atoms with van der Waals surface area (Å²) < 4.78 is 41.6. The summed E-state index contributed by atoms with van der Waals surface area (Å²) in [5, 5.41) is 11.7. The van der Waals surface area contributed by atoms with Crippen molar-refractivity contribution in [2.75, 3.05) is 6.61 Å². The fourth-order valence-corrected chi connectivity index (χ4v) is 2.93. The van der Waals surface area contributed by atoms with Crippen molar-refractivity contribution in [3.05, 3.63) is 29.8 Å². The second-order valence-corrected chi connectivity index (χ2v) is 6.13. The number of hydrogen-bond donors (Lipinski definition) is 2. The fraction of sp³-hybridized carbons (Fsp3) is 0.529. The summed E-state index contributed by atoms with van der Waals surface area (Å²) in [7, 11) is 0. The van der Waals surface area contributed by atoms with Gasteiger partial charge in [0.1, 0.15) is 5.75 Å². The van der Waals surface area contributed by atoms with Crippen LogP contribution in [0.25, 0.3) is 0 Å². The third kappa shape index (κ3) is 5.95. The zero-order chi connectivity index (χ0) is 18.4. The SMILES string of the molecule is O=C(O)C1CCCC(C(=O)NCc2ccccc2OCC(F)(F)F)C1. The number of carbonyl (C=O) groups excluding carboxylic acids is 1. The molecule has 0 aliphatic heterocycles. The molecule has 25 heavy (non-hydrogen) atoms. The Morgan fingerprint density at radius 1 is 1.20 bits per heavy atom. The first-order valence-corrected chi connectivity index (χ1v) is 8.04. The second-order valence-electron chi connectivity index (χ2n) is 6.13. The van der Waals surface area contributed by atoms with E-state index in [4.69, 9.17) is 9.84 Å². The Labute approximate surface area is 143 Å². The first kappa shape index (κ1) is 19.1. The van der Waals surface area contributed by atoms with E-state index in [-0.39, 0.29) is 24.6 Å². The van der Waals surface area contributed by atoms with Gasteiger partial charge in [-0.25, -0.2) is 0 Å². The van der Waals surface area contributed by atoms with E-state index in [0.29, 0.717) is 24.8 Å². The Balaban J connectivity index is 1.92. The normalized spacial score (nSPS) is 20.8. The molecule has 0 spiro atoms. The van der Waals surface area contributed by atoms with Crippen LogP contribution in [0.1, 0.15) is 31.2 Å². The van der Waals surface area contributed by atoms with Crippen molar-refractivity contribution in [3.63, 3.8) is 0 Å². The van der Waals surface area contributed by atoms with Crippen molar-refractivity contribution in [1.29, 1.82) is 0 Å². The Morgan fingerprint density at radius 2 is 1.88 bits per heavy atom. The number of rotatable bonds is 6. The summed E-state index contributed by atoms with van der Waals surface area (Å²) in [5.74, 6) is -2.03. The van der Waals surface area contributed by atoms with Crippen LogP contribution in [-0.4, -0.2) is 29.8 Å². The monoisotopic (exact) mass is 359 g/mol. The van der Waals surface area contributed by atoms with Gasteiger partial charge in [-0.2, -0.15) is 13.2 Å². The molecule has 1 aromatic carbocycles. The van der Waals surface area contributed by atoms with Gasteiger partial charge in [0.05, 0.1) is 5.92 Å². The molecule has 1 aliphatic rings. The minimum absolute atomic E-state index is 0.0289. The Hall–Kier alpha value is -2.25. The largest absolute Gasteiger partial charge is 0.484 e. The molecule has 0 radical (unpaired) electrons. The van der Waals surface area contributed by atoms with E-state index in [2.05, 4.69) is 5.32 Å². The maximum Gasteiger partial charge on any atom is 0.422 e. The third-order valence-corrected chi connectivity index (χ3v) is 4.21. The molecule has 1 saturated carbocycles. The number of carboxylic acids is 1. The van der Waals surface area contributed by atoms with Crippen LogP contribution in [0.15, 0.2) is 24.3 Å². The topological polar surface area (TPSA) is 75.6 Å². The van der Waals surface area contributed by atoms with Gasteiger partial charge in [-0.3, -0.25) is 9.59 Å². The molecule has 1 aromatic rings. The molecule has 0 aromatic heterocycles. The zero-order valence-corrected chi connectivity index (χ0v) is 13.5. The van der Waals surface area contributed by atoms with Crippen LogP contribution < -0.4 is 10.1 Å². The zero-order valence-electron chi connectivity index (χ0n) is 13.5. The lowest BCUT2D eigenvalue weighted by Crippen LogP contribution is -2.35. The van der Waals surface area contributed by atoms with Gasteiger partial charge >= 0.3 is 12.1 Å². The minimum atomic E-state index is -4.44. The Kier molecular flexibility index (Phi) is 6.27. The lowest BCUT2D eigenvalue weighted by molar-refractivity contribution is -0.153. The number of nitrogens with one attached hydrogen (secondary N) is 1. The second kappa shape index (κ2) is 8.22. The van der Waals surface area contributed by atoms with Crippen LogP contribution in [0.2, 0.25) is 0 Å². The van der Waals surface area contributed by atoms with Gasteiger partial charge in [-0.05, 0) is 25.3 Å². The number of carboxylic acid groups (broad SMARTS) is 1. The summed E-state index contributed by atoms with van der Waals surface area (Å²) in [6.07, 6.45) is -2.31. The summed E-state index contributed by atoms with van der Waals surface area (Å²) in [4.78, 5) is 23.3. The molecule has 2 atom stereocenters. The predicted molar refractivity (Wildman–Crippen MR) is 82.9 cm³/mol. The maximum absolute atomic E-state index is 12.3. The highest BCUT2D eigenvalue weighted by Gasteiger charge is 2.31. The smallest absolute Gasteiger partial charge is 0.422 e. The summed E-state index contributed by atoms with van der Waals surface area (Å²) in [6, 6.07) is 6.18. The van der Waals surface area contributed by atoms with E-state index in [0.717, 1.165) is 0 Å². The van der Waals surface area contributed by atoms with Gasteiger partial charge in [0.2, 0.25) is 5.91 Å². The van der Waals surface area contributed by atoms with Crippen molar-refractivity contribution in [3.8, 4) is 5.75 Å². The lowest BCUT2D eigenvalue weighted by atomic mass is 9.81. The average Bonchev–Trinajstić information content (AvgIpc) is 2.58. The van der Waals surface area contributed by atoms with E-state index >= 15 is 0 Å². The number of alkyl halides is 3. The number of amides is 1. The summed E-state index contributed by atoms with van der Waals surface area (Å²) in [6.45, 7) is -1.37. The number of benzene rings is 1. The highest BCUT2D eigenvalue weighted by atomic mass is 19.4. The predicted octanol–water partition coefficient (Wildman–Crippen LogP) is 3.13. The fourth-order valence-electron chi connectivity index (χ4n) is 2.93. The van der Waals surface area contributed by atoms with Crippen LogP contribution in [0.5, 0.6) is 5.75 Å². The average molecular weight is 359 g/mol. The van der Waals surface area contributed by atoms with Crippen LogP contribution in [0.4, 0.5) is 13.2 Å². The van der Waals surface area contributed by atoms with Gasteiger partial charge in [0.25, 0.3) is 0 Å². The van der Waals surface area contributed by atoms with Gasteiger partial charge in [-0.1, -0.05) is 24.6 Å². The van der Waals surface area contributed by atoms with Crippen molar-refractivity contribution in [2.24, 2.45) is 11.8 Å². The number of aliphatic carboxylic acids is 1. The van der Waals surface area contributed by atoms with Gasteiger partial charge < -0.3 is 15.2 Å². The van der Waals surface area contributed by atoms with E-state index in [1.807, 2.05) is 0 Å². The highest BCUT2D eigenvalue weighted by Crippen LogP contribution is 2.29. The van der Waals surface area contributed by atoms with E-state index in [1.165, 1.54) is 6.07 Å². The lowest BCUT2D eigenvalue weighted by Gasteiger charge is -2.25. The van der Waals surface area contributed by atoms with Crippen LogP contribution >= 0.6 is 0 Å². The molecule has 138 valence electrons. The number of hydrogen-bond acceptors (Lipinski definition) is 3. The molecule has 1 fully saturated rings. The van der Waals surface area contributed by atoms with Crippen molar-refractivity contribution < 1.29 is 32.6 Å². The highest BCUT2D eigenvalue weighted by molar-refractivity contribution is 5.80. The standard InChI is InChI=1S/C17H20F3NO4/c18-17(19,20)10-25-14-7-2-1-4-13(14)9-21-15(22)11-5-3-6-12(8-11)16(23)24/h1-2,4,7,11-12H,3,5-6,8-10H2,(H,21,22)(H,23,24). The quantitative estimate of drug-likeness (QED) is 0.818. The molecule has 1 amide bonds. The minimum Gasteiger partial charge on any atom is -0.484 e. The van der Waals surface area contributed by atoms with Crippen molar-refractivity contribution in [1.82, 2.24) is 5.32 Å². The number of ether oxygens (including phenoxy) is 1. The van der Waals surface area contributed by atoms with Crippen LogP contribution in [0, 0.1) is 11.8 Å². The molecule has 2 N–H and O–H groups in total. The van der Waals surface area contributed by atoms with E-state index in [9.17, 15) is 22.8 Å². The summed E-state index contributed by atoms with van der Waals surface area (Å²) in [5.41, 5.74) is 0.436. The molecule has 0 heterocycles. The van der Waals surface area contributed by atoms with Crippen molar-refractivity contribution >= 4 is 11.9 Å². The summed E-state index contributed by atoms with van der Waals surface area (Å²) >= 11 is 0. The number of halogens is 3. The molecule has 0 saturated heterocycles. The number of carbonyl (C=O) groups is 2. The number of para-hydroxylation sites is 1. The van der Waals surface area contributed by atoms with E-state index in [1.54, 1.807) is 18.2 Å². The Bertz CT molecular complexity index is 618. The van der Waals surface area contributed by atoms with Gasteiger partial charge in [0, 0.05) is 18.0 Å². The van der Waals surface area contributed by atoms with Crippen LogP contribution in [0.3, 0.4) is 0 Å². The maximum atomic E-state index is 12.3. The molecule has 2 rings (SSSR count). The first-order chi connectivity index (χ1) is 11.8. The molecule has 2 unspecified atom stereocenters. The van der Waals surface area contributed by atoms with Gasteiger partial charge in [0.15, 0.2) is 6.61 Å². The van der Waals surface area contributed by atoms with Gasteiger partial charge in [-0.15, -0.1) is 0 Å². The third-order valence-electron chi connectivity index (χ3n) is 4.21. The molecular weight excluding hydrogens is 339 g/mol. The van der Waals surface area contributed by atoms with Crippen LogP contribution in [-0.2, 0) is 16.1 Å².